The summed E-state index contributed by atoms with van der Waals surface area (Å²) in [6.45, 7) is 11.1. The molecule has 0 aromatic rings. The molecule has 16 heavy (non-hydrogen) atoms. The standard InChI is InChI=1S/C12H24N2O.ClH/c1-11(2,3)10(15)14-9-12(4)5-7-13-8-6-12;/h13H,5-9H2,1-4H3,(H,14,15);1H. The summed E-state index contributed by atoms with van der Waals surface area (Å²) < 4.78 is 0. The van der Waals surface area contributed by atoms with E-state index in [-0.39, 0.29) is 29.1 Å². The second kappa shape index (κ2) is 5.87. The molecule has 0 aliphatic carbocycles. The second-order valence-electron chi connectivity index (χ2n) is 5.99. The van der Waals surface area contributed by atoms with E-state index in [2.05, 4.69) is 17.6 Å². The van der Waals surface area contributed by atoms with E-state index in [0.29, 0.717) is 0 Å². The molecule has 2 N–H and O–H groups in total. The van der Waals surface area contributed by atoms with Gasteiger partial charge in [-0.15, -0.1) is 12.4 Å². The highest BCUT2D eigenvalue weighted by atomic mass is 35.5. The number of hydrogen-bond donors (Lipinski definition) is 2. The lowest BCUT2D eigenvalue weighted by Gasteiger charge is -2.35. The molecule has 0 atom stereocenters. The minimum atomic E-state index is -0.275. The van der Waals surface area contributed by atoms with Gasteiger partial charge in [0, 0.05) is 12.0 Å². The fourth-order valence-electron chi connectivity index (χ4n) is 1.77. The van der Waals surface area contributed by atoms with Crippen LogP contribution in [0.5, 0.6) is 0 Å². The SMILES string of the molecule is CC1(CNC(=O)C(C)(C)C)CCNCC1.Cl. The van der Waals surface area contributed by atoms with E-state index in [1.54, 1.807) is 0 Å². The van der Waals surface area contributed by atoms with Crippen molar-refractivity contribution in [1.29, 1.82) is 0 Å². The average Bonchev–Trinajstić information content (AvgIpc) is 2.14. The second-order valence-corrected chi connectivity index (χ2v) is 5.99. The van der Waals surface area contributed by atoms with E-state index in [9.17, 15) is 4.79 Å². The first-order chi connectivity index (χ1) is 6.83. The number of halogens is 1. The zero-order valence-electron chi connectivity index (χ0n) is 10.9. The van der Waals surface area contributed by atoms with Gasteiger partial charge < -0.3 is 10.6 Å². The van der Waals surface area contributed by atoms with E-state index < -0.39 is 0 Å². The van der Waals surface area contributed by atoms with Gasteiger partial charge in [0.2, 0.25) is 5.91 Å². The van der Waals surface area contributed by atoms with Gasteiger partial charge in [-0.1, -0.05) is 27.7 Å². The van der Waals surface area contributed by atoms with Crippen molar-refractivity contribution in [1.82, 2.24) is 10.6 Å². The summed E-state index contributed by atoms with van der Waals surface area (Å²) in [6, 6.07) is 0. The lowest BCUT2D eigenvalue weighted by Crippen LogP contribution is -2.45. The molecule has 1 aliphatic rings. The van der Waals surface area contributed by atoms with Gasteiger partial charge in [-0.3, -0.25) is 4.79 Å². The van der Waals surface area contributed by atoms with Crippen molar-refractivity contribution >= 4 is 18.3 Å². The van der Waals surface area contributed by atoms with Crippen molar-refractivity contribution in [3.05, 3.63) is 0 Å². The summed E-state index contributed by atoms with van der Waals surface area (Å²) in [5, 5.41) is 6.41. The third-order valence-electron chi connectivity index (χ3n) is 3.17. The topological polar surface area (TPSA) is 41.1 Å². The van der Waals surface area contributed by atoms with Crippen LogP contribution in [-0.4, -0.2) is 25.5 Å². The van der Waals surface area contributed by atoms with E-state index in [4.69, 9.17) is 0 Å². The van der Waals surface area contributed by atoms with Crippen LogP contribution in [0, 0.1) is 10.8 Å². The molecule has 1 fully saturated rings. The number of amides is 1. The minimum absolute atomic E-state index is 0. The van der Waals surface area contributed by atoms with Crippen molar-refractivity contribution < 1.29 is 4.79 Å². The Kier molecular flexibility index (Phi) is 5.77. The highest BCUT2D eigenvalue weighted by Gasteiger charge is 2.29. The predicted octanol–water partition coefficient (Wildman–Crippen LogP) is 1.96. The molecule has 0 spiro atoms. The van der Waals surface area contributed by atoms with Gasteiger partial charge in [0.15, 0.2) is 0 Å². The molecule has 1 rings (SSSR count). The van der Waals surface area contributed by atoms with Gasteiger partial charge >= 0.3 is 0 Å². The number of rotatable bonds is 2. The third kappa shape index (κ3) is 4.71. The van der Waals surface area contributed by atoms with Gasteiger partial charge in [0.1, 0.15) is 0 Å². The summed E-state index contributed by atoms with van der Waals surface area (Å²) in [6.07, 6.45) is 2.30. The van der Waals surface area contributed by atoms with Crippen molar-refractivity contribution in [2.24, 2.45) is 10.8 Å². The zero-order chi connectivity index (χ0) is 11.5. The van der Waals surface area contributed by atoms with Crippen LogP contribution in [0.15, 0.2) is 0 Å². The Morgan fingerprint density at radius 1 is 1.31 bits per heavy atom. The molecule has 1 amide bonds. The molecular weight excluding hydrogens is 224 g/mol. The van der Waals surface area contributed by atoms with Gasteiger partial charge in [0.25, 0.3) is 0 Å². The highest BCUT2D eigenvalue weighted by Crippen LogP contribution is 2.27. The zero-order valence-corrected chi connectivity index (χ0v) is 11.7. The maximum Gasteiger partial charge on any atom is 0.225 e. The Bertz CT molecular complexity index is 230. The molecule has 1 aliphatic heterocycles. The van der Waals surface area contributed by atoms with E-state index in [0.717, 1.165) is 32.5 Å². The molecule has 1 saturated heterocycles. The average molecular weight is 249 g/mol. The van der Waals surface area contributed by atoms with Crippen LogP contribution in [0.4, 0.5) is 0 Å². The molecule has 96 valence electrons. The highest BCUT2D eigenvalue weighted by molar-refractivity contribution is 5.85. The number of hydrogen-bond acceptors (Lipinski definition) is 2. The predicted molar refractivity (Wildman–Crippen MR) is 69.9 cm³/mol. The first kappa shape index (κ1) is 15.7. The van der Waals surface area contributed by atoms with Gasteiger partial charge in [-0.25, -0.2) is 0 Å². The van der Waals surface area contributed by atoms with E-state index in [1.165, 1.54) is 0 Å². The molecule has 0 bridgehead atoms. The maximum absolute atomic E-state index is 11.7. The van der Waals surface area contributed by atoms with Crippen LogP contribution in [0.3, 0.4) is 0 Å². The molecule has 0 aromatic heterocycles. The van der Waals surface area contributed by atoms with Crippen molar-refractivity contribution in [2.75, 3.05) is 19.6 Å². The molecule has 0 unspecified atom stereocenters. The van der Waals surface area contributed by atoms with Crippen molar-refractivity contribution in [3.63, 3.8) is 0 Å². The normalized spacial score (nSPS) is 19.8. The number of nitrogens with one attached hydrogen (secondary N) is 2. The monoisotopic (exact) mass is 248 g/mol. The fourth-order valence-corrected chi connectivity index (χ4v) is 1.77. The lowest BCUT2D eigenvalue weighted by atomic mass is 9.80. The Balaban J connectivity index is 0.00000225. The third-order valence-corrected chi connectivity index (χ3v) is 3.17. The molecule has 4 heteroatoms. The Hall–Kier alpha value is -0.280. The van der Waals surface area contributed by atoms with Gasteiger partial charge in [0.05, 0.1) is 0 Å². The van der Waals surface area contributed by atoms with Gasteiger partial charge in [-0.2, -0.15) is 0 Å². The van der Waals surface area contributed by atoms with Crippen LogP contribution in [0.25, 0.3) is 0 Å². The Morgan fingerprint density at radius 3 is 2.25 bits per heavy atom. The molecule has 3 nitrogen and oxygen atoms in total. The van der Waals surface area contributed by atoms with Crippen molar-refractivity contribution in [2.45, 2.75) is 40.5 Å². The Morgan fingerprint density at radius 2 is 1.81 bits per heavy atom. The largest absolute Gasteiger partial charge is 0.355 e. The summed E-state index contributed by atoms with van der Waals surface area (Å²) in [7, 11) is 0. The molecule has 0 radical (unpaired) electrons. The smallest absolute Gasteiger partial charge is 0.225 e. The summed E-state index contributed by atoms with van der Waals surface area (Å²) in [4.78, 5) is 11.7. The van der Waals surface area contributed by atoms with E-state index >= 15 is 0 Å². The van der Waals surface area contributed by atoms with Crippen LogP contribution in [0.1, 0.15) is 40.5 Å². The van der Waals surface area contributed by atoms with E-state index in [1.807, 2.05) is 20.8 Å². The van der Waals surface area contributed by atoms with Crippen LogP contribution < -0.4 is 10.6 Å². The molecular formula is C12H25ClN2O. The molecule has 0 aromatic carbocycles. The minimum Gasteiger partial charge on any atom is -0.355 e. The summed E-state index contributed by atoms with van der Waals surface area (Å²) in [5.41, 5.74) is 0.00936. The van der Waals surface area contributed by atoms with Gasteiger partial charge in [-0.05, 0) is 31.3 Å². The van der Waals surface area contributed by atoms with Crippen molar-refractivity contribution in [3.8, 4) is 0 Å². The molecule has 0 saturated carbocycles. The summed E-state index contributed by atoms with van der Waals surface area (Å²) in [5.74, 6) is 0.155. The first-order valence-electron chi connectivity index (χ1n) is 5.83. The molecule has 1 heterocycles. The summed E-state index contributed by atoms with van der Waals surface area (Å²) >= 11 is 0. The Labute approximate surface area is 105 Å². The lowest BCUT2D eigenvalue weighted by molar-refractivity contribution is -0.129. The van der Waals surface area contributed by atoms with Crippen LogP contribution in [-0.2, 0) is 4.79 Å². The number of carbonyl (C=O) groups is 1. The number of piperidine rings is 1. The van der Waals surface area contributed by atoms with Crippen LogP contribution >= 0.6 is 12.4 Å². The quantitative estimate of drug-likeness (QED) is 0.785. The van der Waals surface area contributed by atoms with Crippen LogP contribution in [0.2, 0.25) is 0 Å². The number of carbonyl (C=O) groups excluding carboxylic acids is 1. The first-order valence-corrected chi connectivity index (χ1v) is 5.83. The maximum atomic E-state index is 11.7. The fraction of sp³-hybridized carbons (Fsp3) is 0.917.